The Kier molecular flexibility index (Phi) is 19.9. The minimum Gasteiger partial charge on any atom is -0.311 e. The SMILES string of the molecule is CC(C)c1cccc(N(c2cccc(C(C)C)c2)c2cc(C34CC5CC(CC(C5)C3)C4)cc(N(c3cccc(C(C)C)c3)c3cccc(C(C)C)c3)c2Cl)c1.CC(C)c1cccc(N2c3cc(C(C)C)ccc3B3c4ccc(C(C)C)cc4N(c4cccc(C(C)C)c4)c4cc(C56CC7CC(CC(C7)C5)C6)cc2c43)c1. The topological polar surface area (TPSA) is 13.0 Å². The van der Waals surface area contributed by atoms with Crippen molar-refractivity contribution in [1.29, 1.82) is 0 Å². The molecule has 0 saturated heterocycles. The van der Waals surface area contributed by atoms with E-state index in [1.54, 1.807) is 5.56 Å². The van der Waals surface area contributed by atoms with Crippen LogP contribution in [0.15, 0.2) is 206 Å². The lowest BCUT2D eigenvalue weighted by molar-refractivity contribution is -0.00526. The molecule has 10 aromatic carbocycles. The molecule has 10 aliphatic rings. The molecule has 4 nitrogen and oxygen atoms in total. The van der Waals surface area contributed by atoms with Crippen molar-refractivity contribution >= 4 is 103 Å². The van der Waals surface area contributed by atoms with Gasteiger partial charge in [-0.2, -0.15) is 0 Å². The molecule has 0 N–H and O–H groups in total. The molecule has 2 aliphatic heterocycles. The summed E-state index contributed by atoms with van der Waals surface area (Å²) in [5.41, 5.74) is 33.5. The van der Waals surface area contributed by atoms with Crippen molar-refractivity contribution in [2.24, 2.45) is 35.5 Å². The average molecular weight is 1470 g/mol. The van der Waals surface area contributed by atoms with Crippen LogP contribution >= 0.6 is 11.6 Å². The van der Waals surface area contributed by atoms with E-state index in [1.165, 1.54) is 178 Å². The van der Waals surface area contributed by atoms with Crippen LogP contribution in [0.25, 0.3) is 0 Å². The largest absolute Gasteiger partial charge is 0.311 e. The predicted molar refractivity (Wildman–Crippen MR) is 474 cm³/mol. The molecule has 10 aromatic rings. The average Bonchev–Trinajstić information content (AvgIpc) is 0.679. The van der Waals surface area contributed by atoms with Crippen molar-refractivity contribution in [2.75, 3.05) is 19.6 Å². The van der Waals surface area contributed by atoms with E-state index in [9.17, 15) is 0 Å². The standard InChI is InChI=1S/C52H59BN2.C52H61ClN2/c1-31(2)38-11-9-13-43(22-38)54-47-24-40(33(5)6)15-17-45(47)53-46-18-16-41(34(7)8)25-48(46)55(44-14-10-12-39(23-44)32(3)4)50-27-42(26-49(54)51(50)53)52-28-35-19-36(29-52)21-37(20-35)30-52;1-33(2)40-13-9-17-45(24-40)54(46-18-10-14-41(25-46)34(3)4)49-28-44(52-30-37-21-38(31-52)23-39(22-37)32-52)29-50(51(49)53)55(47-19-11-15-42(26-47)35(5)6)48-20-12-16-43(27-48)36(7)8/h9-18,22-27,31-37H,19-21,28-30H2,1-8H3;9-20,24-29,33-39H,21-23,30-32H2,1-8H3. The van der Waals surface area contributed by atoms with Crippen LogP contribution in [-0.2, 0) is 10.8 Å². The van der Waals surface area contributed by atoms with Crippen LogP contribution in [0.2, 0.25) is 5.02 Å². The summed E-state index contributed by atoms with van der Waals surface area (Å²) in [5.74, 6) is 8.57. The highest BCUT2D eigenvalue weighted by molar-refractivity contribution is 7.00. The zero-order chi connectivity index (χ0) is 76.5. The van der Waals surface area contributed by atoms with Gasteiger partial charge in [0.25, 0.3) is 6.71 Å². The Morgan fingerprint density at radius 3 is 0.855 bits per heavy atom. The summed E-state index contributed by atoms with van der Waals surface area (Å²) in [6, 6.07) is 80.9. The molecule has 0 spiro atoms. The summed E-state index contributed by atoms with van der Waals surface area (Å²) in [4.78, 5) is 10.3. The smallest absolute Gasteiger partial charge is 0.252 e. The van der Waals surface area contributed by atoms with Gasteiger partial charge in [-0.15, -0.1) is 0 Å². The summed E-state index contributed by atoms with van der Waals surface area (Å²) < 4.78 is 0. The Morgan fingerprint density at radius 1 is 0.300 bits per heavy atom. The van der Waals surface area contributed by atoms with E-state index >= 15 is 0 Å². The van der Waals surface area contributed by atoms with Gasteiger partial charge in [0.05, 0.1) is 16.4 Å². The lowest BCUT2D eigenvalue weighted by atomic mass is 9.33. The normalized spacial score (nSPS) is 22.5. The van der Waals surface area contributed by atoms with Gasteiger partial charge in [-0.25, -0.2) is 0 Å². The molecule has 8 saturated carbocycles. The van der Waals surface area contributed by atoms with Gasteiger partial charge in [-0.3, -0.25) is 0 Å². The minimum absolute atomic E-state index is 0.150. The molecule has 8 aliphatic carbocycles. The molecule has 0 amide bonds. The van der Waals surface area contributed by atoms with Crippen LogP contribution in [0.5, 0.6) is 0 Å². The van der Waals surface area contributed by atoms with Gasteiger partial charge >= 0.3 is 0 Å². The molecule has 0 aromatic heterocycles. The molecule has 8 bridgehead atoms. The number of hydrogen-bond acceptors (Lipinski definition) is 4. The highest BCUT2D eigenvalue weighted by atomic mass is 35.5. The van der Waals surface area contributed by atoms with E-state index in [0.717, 1.165) is 74.7 Å². The maximum absolute atomic E-state index is 8.10. The Balaban J connectivity index is 0.000000160. The number of fused-ring (bicyclic) bond motifs is 4. The van der Waals surface area contributed by atoms with Crippen LogP contribution in [0, 0.1) is 35.5 Å². The summed E-state index contributed by atoms with van der Waals surface area (Å²) in [5, 5.41) is 0.781. The first-order valence-electron chi connectivity index (χ1n) is 43.0. The fourth-order valence-corrected chi connectivity index (χ4v) is 23.0. The highest BCUT2D eigenvalue weighted by Gasteiger charge is 2.55. The van der Waals surface area contributed by atoms with Crippen LogP contribution in [0.1, 0.15) is 291 Å². The van der Waals surface area contributed by atoms with Gasteiger partial charge in [0, 0.05) is 56.9 Å². The summed E-state index contributed by atoms with van der Waals surface area (Å²) in [6.07, 6.45) is 16.5. The van der Waals surface area contributed by atoms with Gasteiger partial charge < -0.3 is 19.6 Å². The third-order valence-corrected chi connectivity index (χ3v) is 28.4. The third-order valence-electron chi connectivity index (χ3n) is 28.0. The Morgan fingerprint density at radius 2 is 0.564 bits per heavy atom. The van der Waals surface area contributed by atoms with E-state index < -0.39 is 0 Å². The Labute approximate surface area is 666 Å². The molecule has 110 heavy (non-hydrogen) atoms. The molecule has 0 radical (unpaired) electrons. The van der Waals surface area contributed by atoms with E-state index in [4.69, 9.17) is 11.6 Å². The number of benzene rings is 10. The predicted octanol–water partition coefficient (Wildman–Crippen LogP) is 29.0. The molecule has 2 heterocycles. The first kappa shape index (κ1) is 74.5. The van der Waals surface area contributed by atoms with Crippen molar-refractivity contribution in [2.45, 2.75) is 246 Å². The summed E-state index contributed by atoms with van der Waals surface area (Å²) in [7, 11) is 0. The quantitative estimate of drug-likeness (QED) is 0.0794. The minimum atomic E-state index is 0.150. The van der Waals surface area contributed by atoms with Crippen molar-refractivity contribution < 1.29 is 0 Å². The Bertz CT molecular complexity index is 4620. The molecular formula is C104H120BClN4. The van der Waals surface area contributed by atoms with Gasteiger partial charge in [-0.05, 0) is 352 Å². The molecule has 6 heteroatoms. The number of rotatable bonds is 18. The second-order valence-corrected chi connectivity index (χ2v) is 38.7. The third kappa shape index (κ3) is 13.6. The molecular weight excluding hydrogens is 1350 g/mol. The molecule has 0 atom stereocenters. The van der Waals surface area contributed by atoms with Crippen LogP contribution in [0.3, 0.4) is 0 Å². The fourth-order valence-electron chi connectivity index (χ4n) is 22.8. The molecule has 20 rings (SSSR count). The first-order valence-corrected chi connectivity index (χ1v) is 43.3. The van der Waals surface area contributed by atoms with E-state index in [2.05, 4.69) is 337 Å². The van der Waals surface area contributed by atoms with Crippen molar-refractivity contribution in [3.63, 3.8) is 0 Å². The van der Waals surface area contributed by atoms with Crippen LogP contribution < -0.4 is 36.0 Å². The summed E-state index contributed by atoms with van der Waals surface area (Å²) >= 11 is 8.10. The van der Waals surface area contributed by atoms with E-state index in [0.29, 0.717) is 47.3 Å². The second-order valence-electron chi connectivity index (χ2n) is 38.4. The van der Waals surface area contributed by atoms with Gasteiger partial charge in [0.2, 0.25) is 0 Å². The lowest BCUT2D eigenvalue weighted by Gasteiger charge is -2.57. The van der Waals surface area contributed by atoms with Gasteiger partial charge in [0.15, 0.2) is 0 Å². The van der Waals surface area contributed by atoms with E-state index in [1.807, 2.05) is 0 Å². The zero-order valence-corrected chi connectivity index (χ0v) is 69.7. The van der Waals surface area contributed by atoms with Crippen molar-refractivity contribution in [3.05, 3.63) is 267 Å². The number of hydrogen-bond donors (Lipinski definition) is 0. The highest BCUT2D eigenvalue weighted by Crippen LogP contribution is 2.65. The number of halogens is 1. The first-order chi connectivity index (χ1) is 52.9. The number of nitrogens with zero attached hydrogens (tertiary/aromatic N) is 4. The van der Waals surface area contributed by atoms with Crippen LogP contribution in [-0.4, -0.2) is 6.71 Å². The van der Waals surface area contributed by atoms with E-state index in [-0.39, 0.29) is 17.5 Å². The molecule has 0 unspecified atom stereocenters. The van der Waals surface area contributed by atoms with Gasteiger partial charge in [0.1, 0.15) is 0 Å². The zero-order valence-electron chi connectivity index (χ0n) is 68.9. The van der Waals surface area contributed by atoms with Crippen molar-refractivity contribution in [3.8, 4) is 0 Å². The maximum Gasteiger partial charge on any atom is 0.252 e. The van der Waals surface area contributed by atoms with Crippen molar-refractivity contribution in [1.82, 2.24) is 0 Å². The lowest BCUT2D eigenvalue weighted by Crippen LogP contribution is -2.61. The summed E-state index contributed by atoms with van der Waals surface area (Å²) in [6.45, 7) is 37.2. The Hall–Kier alpha value is -8.25. The van der Waals surface area contributed by atoms with Gasteiger partial charge in [-0.1, -0.05) is 219 Å². The maximum atomic E-state index is 8.10. The van der Waals surface area contributed by atoms with Crippen LogP contribution in [0.4, 0.5) is 68.2 Å². The fraction of sp³-hybridized carbons (Fsp3) is 0.423. The number of anilines is 12. The molecule has 566 valence electrons. The molecule has 8 fully saturated rings. The second kappa shape index (κ2) is 29.4. The monoisotopic (exact) mass is 1470 g/mol.